The average molecular weight is 154 g/mol. The third-order valence-corrected chi connectivity index (χ3v) is 2.77. The minimum atomic E-state index is -0.0156. The van der Waals surface area contributed by atoms with Crippen molar-refractivity contribution in [2.75, 3.05) is 6.61 Å². The highest BCUT2D eigenvalue weighted by molar-refractivity contribution is 5.86. The van der Waals surface area contributed by atoms with Crippen molar-refractivity contribution in [3.05, 3.63) is 0 Å². The van der Waals surface area contributed by atoms with Gasteiger partial charge in [-0.1, -0.05) is 12.8 Å². The van der Waals surface area contributed by atoms with Crippen LogP contribution in [0, 0.1) is 5.92 Å². The largest absolute Gasteiger partial charge is 0.370 e. The van der Waals surface area contributed by atoms with E-state index >= 15 is 0 Å². The lowest BCUT2D eigenvalue weighted by atomic mass is 9.95. The van der Waals surface area contributed by atoms with E-state index in [9.17, 15) is 4.79 Å². The summed E-state index contributed by atoms with van der Waals surface area (Å²) in [6.45, 7) is 0.795. The van der Waals surface area contributed by atoms with Crippen molar-refractivity contribution in [1.29, 1.82) is 0 Å². The van der Waals surface area contributed by atoms with E-state index in [0.29, 0.717) is 11.7 Å². The molecule has 1 aliphatic carbocycles. The summed E-state index contributed by atoms with van der Waals surface area (Å²) in [6, 6.07) is 0. The quantitative estimate of drug-likeness (QED) is 0.603. The normalized spacial score (nSPS) is 31.8. The first-order valence-electron chi connectivity index (χ1n) is 4.53. The van der Waals surface area contributed by atoms with Crippen molar-refractivity contribution in [3.8, 4) is 0 Å². The first-order chi connectivity index (χ1) is 5.38. The highest BCUT2D eigenvalue weighted by Crippen LogP contribution is 2.29. The van der Waals surface area contributed by atoms with Gasteiger partial charge in [-0.15, -0.1) is 0 Å². The van der Waals surface area contributed by atoms with Gasteiger partial charge in [0.25, 0.3) is 0 Å². The zero-order valence-corrected chi connectivity index (χ0v) is 6.71. The van der Waals surface area contributed by atoms with Crippen molar-refractivity contribution in [1.82, 2.24) is 0 Å². The highest BCUT2D eigenvalue weighted by atomic mass is 16.5. The second-order valence-electron chi connectivity index (χ2n) is 3.53. The number of carbonyl (C=O) groups is 1. The van der Waals surface area contributed by atoms with Crippen molar-refractivity contribution in [2.45, 2.75) is 38.2 Å². The van der Waals surface area contributed by atoms with Gasteiger partial charge in [-0.2, -0.15) is 0 Å². The summed E-state index contributed by atoms with van der Waals surface area (Å²) in [6.07, 6.45) is 5.65. The van der Waals surface area contributed by atoms with Gasteiger partial charge in [0, 0.05) is 12.3 Å². The molecule has 0 bridgehead atoms. The molecule has 1 unspecified atom stereocenters. The molecule has 2 fully saturated rings. The summed E-state index contributed by atoms with van der Waals surface area (Å²) in [7, 11) is 0. The molecule has 1 saturated heterocycles. The van der Waals surface area contributed by atoms with Crippen LogP contribution in [0.25, 0.3) is 0 Å². The van der Waals surface area contributed by atoms with Crippen molar-refractivity contribution in [2.24, 2.45) is 5.92 Å². The molecule has 0 amide bonds. The van der Waals surface area contributed by atoms with Crippen LogP contribution in [0.4, 0.5) is 0 Å². The smallest absolute Gasteiger partial charge is 0.164 e. The van der Waals surface area contributed by atoms with E-state index < -0.39 is 0 Å². The lowest BCUT2D eigenvalue weighted by Gasteiger charge is -2.27. The molecule has 0 aromatic heterocycles. The molecule has 1 aliphatic heterocycles. The number of carbonyl (C=O) groups excluding carboxylic acids is 1. The minimum Gasteiger partial charge on any atom is -0.370 e. The Kier molecular flexibility index (Phi) is 1.95. The molecule has 2 aliphatic rings. The maximum Gasteiger partial charge on any atom is 0.164 e. The van der Waals surface area contributed by atoms with Crippen LogP contribution in [0.3, 0.4) is 0 Å². The van der Waals surface area contributed by atoms with Gasteiger partial charge in [-0.25, -0.2) is 0 Å². The topological polar surface area (TPSA) is 26.3 Å². The Morgan fingerprint density at radius 1 is 1.18 bits per heavy atom. The molecule has 2 nitrogen and oxygen atoms in total. The number of rotatable bonds is 2. The zero-order chi connectivity index (χ0) is 7.68. The molecule has 0 N–H and O–H groups in total. The Balaban J connectivity index is 1.87. The predicted octanol–water partition coefficient (Wildman–Crippen LogP) is 1.53. The number of hydrogen-bond acceptors (Lipinski definition) is 2. The summed E-state index contributed by atoms with van der Waals surface area (Å²) < 4.78 is 5.16. The molecule has 0 spiro atoms. The fraction of sp³-hybridized carbons (Fsp3) is 0.889. The number of Topliss-reactive ketones (excluding diaryl/α,β-unsaturated/α-hetero) is 1. The van der Waals surface area contributed by atoms with E-state index in [1.54, 1.807) is 0 Å². The fourth-order valence-corrected chi connectivity index (χ4v) is 1.93. The van der Waals surface area contributed by atoms with Crippen LogP contribution in [0.1, 0.15) is 32.1 Å². The molecule has 0 aromatic rings. The van der Waals surface area contributed by atoms with Crippen LogP contribution in [0.15, 0.2) is 0 Å². The molecule has 62 valence electrons. The molecule has 2 heteroatoms. The average Bonchev–Trinajstić information content (AvgIpc) is 2.32. The van der Waals surface area contributed by atoms with Crippen molar-refractivity contribution in [3.63, 3.8) is 0 Å². The van der Waals surface area contributed by atoms with Gasteiger partial charge >= 0.3 is 0 Å². The Labute approximate surface area is 66.9 Å². The lowest BCUT2D eigenvalue weighted by molar-refractivity contribution is -0.146. The van der Waals surface area contributed by atoms with Crippen LogP contribution in [0.5, 0.6) is 0 Å². The molecule has 0 radical (unpaired) electrons. The third kappa shape index (κ3) is 1.32. The van der Waals surface area contributed by atoms with E-state index in [1.807, 2.05) is 0 Å². The summed E-state index contributed by atoms with van der Waals surface area (Å²) in [5, 5.41) is 0. The van der Waals surface area contributed by atoms with E-state index in [0.717, 1.165) is 25.9 Å². The SMILES string of the molecule is O=C(C1CCCC1)C1CCO1. The van der Waals surface area contributed by atoms with E-state index in [2.05, 4.69) is 0 Å². The summed E-state index contributed by atoms with van der Waals surface area (Å²) >= 11 is 0. The minimum absolute atomic E-state index is 0.0156. The monoisotopic (exact) mass is 154 g/mol. The second-order valence-corrected chi connectivity index (χ2v) is 3.53. The van der Waals surface area contributed by atoms with Crippen LogP contribution < -0.4 is 0 Å². The van der Waals surface area contributed by atoms with E-state index in [4.69, 9.17) is 4.74 Å². The molecule has 1 saturated carbocycles. The number of ketones is 1. The second kappa shape index (κ2) is 2.94. The third-order valence-electron chi connectivity index (χ3n) is 2.77. The Bertz CT molecular complexity index is 155. The molecule has 11 heavy (non-hydrogen) atoms. The molecule has 2 rings (SSSR count). The van der Waals surface area contributed by atoms with Crippen molar-refractivity contribution < 1.29 is 9.53 Å². The summed E-state index contributed by atoms with van der Waals surface area (Å²) in [4.78, 5) is 11.5. The molecule has 1 heterocycles. The first-order valence-corrected chi connectivity index (χ1v) is 4.53. The van der Waals surface area contributed by atoms with Gasteiger partial charge in [-0.05, 0) is 12.8 Å². The standard InChI is InChI=1S/C9H14O2/c10-9(8-5-6-11-8)7-3-1-2-4-7/h7-8H,1-6H2. The maximum atomic E-state index is 11.5. The fourth-order valence-electron chi connectivity index (χ4n) is 1.93. The van der Waals surface area contributed by atoms with E-state index in [-0.39, 0.29) is 6.10 Å². The zero-order valence-electron chi connectivity index (χ0n) is 6.71. The van der Waals surface area contributed by atoms with Gasteiger partial charge in [0.1, 0.15) is 6.10 Å². The van der Waals surface area contributed by atoms with Gasteiger partial charge < -0.3 is 4.74 Å². The lowest BCUT2D eigenvalue weighted by Crippen LogP contribution is -2.38. The highest BCUT2D eigenvalue weighted by Gasteiger charge is 2.33. The number of hydrogen-bond donors (Lipinski definition) is 0. The van der Waals surface area contributed by atoms with Crippen molar-refractivity contribution >= 4 is 5.78 Å². The van der Waals surface area contributed by atoms with Crippen LogP contribution in [-0.4, -0.2) is 18.5 Å². The molecular formula is C9H14O2. The molecular weight excluding hydrogens is 140 g/mol. The van der Waals surface area contributed by atoms with Gasteiger partial charge in [0.2, 0.25) is 0 Å². The Hall–Kier alpha value is -0.370. The first kappa shape index (κ1) is 7.29. The predicted molar refractivity (Wildman–Crippen MR) is 41.3 cm³/mol. The van der Waals surface area contributed by atoms with Gasteiger partial charge in [0.15, 0.2) is 5.78 Å². The van der Waals surface area contributed by atoms with Gasteiger partial charge in [-0.3, -0.25) is 4.79 Å². The summed E-state index contributed by atoms with van der Waals surface area (Å²) in [5.74, 6) is 0.731. The molecule has 0 aromatic carbocycles. The van der Waals surface area contributed by atoms with Crippen LogP contribution in [0.2, 0.25) is 0 Å². The Morgan fingerprint density at radius 3 is 2.27 bits per heavy atom. The van der Waals surface area contributed by atoms with Crippen LogP contribution >= 0.6 is 0 Å². The number of ether oxygens (including phenoxy) is 1. The summed E-state index contributed by atoms with van der Waals surface area (Å²) in [5.41, 5.74) is 0. The van der Waals surface area contributed by atoms with Crippen LogP contribution in [-0.2, 0) is 9.53 Å². The van der Waals surface area contributed by atoms with E-state index in [1.165, 1.54) is 12.8 Å². The Morgan fingerprint density at radius 2 is 1.82 bits per heavy atom. The molecule has 1 atom stereocenters. The van der Waals surface area contributed by atoms with Gasteiger partial charge in [0.05, 0.1) is 6.61 Å². The maximum absolute atomic E-state index is 11.5.